The monoisotopic (exact) mass is 376 g/mol. The minimum Gasteiger partial charge on any atom is -0.383 e. The van der Waals surface area contributed by atoms with E-state index in [0.29, 0.717) is 19.6 Å². The molecule has 0 spiro atoms. The molecule has 0 saturated carbocycles. The van der Waals surface area contributed by atoms with Crippen molar-refractivity contribution in [2.75, 3.05) is 13.7 Å². The van der Waals surface area contributed by atoms with Gasteiger partial charge in [0, 0.05) is 13.7 Å². The minimum absolute atomic E-state index is 0.135. The summed E-state index contributed by atoms with van der Waals surface area (Å²) in [6.45, 7) is 1.24. The molecular formula is C22H20N2O2S. The van der Waals surface area contributed by atoms with Crippen LogP contribution in [0.25, 0.3) is 21.0 Å². The quantitative estimate of drug-likeness (QED) is 0.525. The lowest BCUT2D eigenvalue weighted by molar-refractivity contribution is -0.117. The standard InChI is InChI=1S/C22H20N2O2S/c1-26-14-13-24-19-11-4-5-12-20(19)27-22(24)23-21(25)15-17-9-6-8-16-7-2-3-10-18(16)17/h2-12H,13-15H2,1H3. The van der Waals surface area contributed by atoms with Crippen LogP contribution in [0, 0.1) is 0 Å². The van der Waals surface area contributed by atoms with Gasteiger partial charge in [-0.25, -0.2) is 0 Å². The van der Waals surface area contributed by atoms with E-state index in [9.17, 15) is 4.79 Å². The number of benzene rings is 3. The first-order valence-corrected chi connectivity index (χ1v) is 9.69. The zero-order valence-corrected chi connectivity index (χ0v) is 15.9. The fourth-order valence-electron chi connectivity index (χ4n) is 3.26. The maximum Gasteiger partial charge on any atom is 0.252 e. The van der Waals surface area contributed by atoms with Gasteiger partial charge in [-0.3, -0.25) is 4.79 Å². The molecule has 4 aromatic rings. The third-order valence-corrected chi connectivity index (χ3v) is 5.61. The van der Waals surface area contributed by atoms with Crippen LogP contribution in [0.15, 0.2) is 71.7 Å². The molecule has 1 aromatic heterocycles. The fraction of sp³-hybridized carbons (Fsp3) is 0.182. The van der Waals surface area contributed by atoms with Gasteiger partial charge in [0.2, 0.25) is 0 Å². The van der Waals surface area contributed by atoms with Crippen molar-refractivity contribution in [3.63, 3.8) is 0 Å². The Morgan fingerprint density at radius 1 is 1.04 bits per heavy atom. The summed E-state index contributed by atoms with van der Waals surface area (Å²) in [5.74, 6) is -0.135. The third-order valence-electron chi connectivity index (χ3n) is 4.55. The number of ether oxygens (including phenoxy) is 1. The highest BCUT2D eigenvalue weighted by Crippen LogP contribution is 2.20. The van der Waals surface area contributed by atoms with Crippen molar-refractivity contribution in [1.82, 2.24) is 4.57 Å². The SMILES string of the molecule is COCCn1c(=NC(=O)Cc2cccc3ccccc23)sc2ccccc21. The van der Waals surface area contributed by atoms with Crippen molar-refractivity contribution in [2.24, 2.45) is 4.99 Å². The number of thiazole rings is 1. The van der Waals surface area contributed by atoms with Crippen molar-refractivity contribution in [2.45, 2.75) is 13.0 Å². The van der Waals surface area contributed by atoms with E-state index in [0.717, 1.165) is 31.4 Å². The number of carbonyl (C=O) groups excluding carboxylic acids is 1. The van der Waals surface area contributed by atoms with Crippen LogP contribution in [0.1, 0.15) is 5.56 Å². The lowest BCUT2D eigenvalue weighted by Crippen LogP contribution is -2.19. The maximum atomic E-state index is 12.7. The Bertz CT molecular complexity index is 1170. The van der Waals surface area contributed by atoms with Gasteiger partial charge >= 0.3 is 0 Å². The number of methoxy groups -OCH3 is 1. The number of aromatic nitrogens is 1. The van der Waals surface area contributed by atoms with Crippen LogP contribution in [-0.2, 0) is 22.5 Å². The van der Waals surface area contributed by atoms with E-state index in [1.54, 1.807) is 7.11 Å². The molecule has 4 nitrogen and oxygen atoms in total. The zero-order chi connectivity index (χ0) is 18.6. The smallest absolute Gasteiger partial charge is 0.252 e. The van der Waals surface area contributed by atoms with Crippen molar-refractivity contribution in [3.05, 3.63) is 77.1 Å². The average Bonchev–Trinajstić information content (AvgIpc) is 3.03. The molecule has 5 heteroatoms. The first-order valence-electron chi connectivity index (χ1n) is 8.88. The number of hydrogen-bond donors (Lipinski definition) is 0. The van der Waals surface area contributed by atoms with Gasteiger partial charge in [-0.2, -0.15) is 4.99 Å². The van der Waals surface area contributed by atoms with Gasteiger partial charge in [0.15, 0.2) is 4.80 Å². The Balaban J connectivity index is 1.71. The summed E-state index contributed by atoms with van der Waals surface area (Å²) in [6.07, 6.45) is 0.292. The molecule has 0 fully saturated rings. The highest BCUT2D eigenvalue weighted by Gasteiger charge is 2.09. The van der Waals surface area contributed by atoms with E-state index in [2.05, 4.69) is 39.9 Å². The molecule has 0 atom stereocenters. The Morgan fingerprint density at radius 2 is 1.81 bits per heavy atom. The van der Waals surface area contributed by atoms with Crippen LogP contribution in [-0.4, -0.2) is 24.2 Å². The molecule has 0 N–H and O–H groups in total. The Morgan fingerprint density at radius 3 is 2.70 bits per heavy atom. The van der Waals surface area contributed by atoms with Crippen molar-refractivity contribution < 1.29 is 9.53 Å². The molecule has 4 rings (SSSR count). The van der Waals surface area contributed by atoms with Crippen LogP contribution in [0.4, 0.5) is 0 Å². The predicted molar refractivity (Wildman–Crippen MR) is 110 cm³/mol. The van der Waals surface area contributed by atoms with E-state index in [1.807, 2.05) is 36.4 Å². The van der Waals surface area contributed by atoms with Gasteiger partial charge in [-0.05, 0) is 28.5 Å². The number of fused-ring (bicyclic) bond motifs is 2. The molecular weight excluding hydrogens is 356 g/mol. The van der Waals surface area contributed by atoms with Gasteiger partial charge < -0.3 is 9.30 Å². The molecule has 0 aliphatic carbocycles. The molecule has 0 radical (unpaired) electrons. The molecule has 0 unspecified atom stereocenters. The molecule has 3 aromatic carbocycles. The van der Waals surface area contributed by atoms with Gasteiger partial charge in [-0.15, -0.1) is 0 Å². The highest BCUT2D eigenvalue weighted by molar-refractivity contribution is 7.16. The van der Waals surface area contributed by atoms with Gasteiger partial charge in [0.05, 0.1) is 23.2 Å². The number of rotatable bonds is 5. The summed E-state index contributed by atoms with van der Waals surface area (Å²) in [6, 6.07) is 22.3. The summed E-state index contributed by atoms with van der Waals surface area (Å²) < 4.78 is 8.40. The van der Waals surface area contributed by atoms with Crippen LogP contribution in [0.5, 0.6) is 0 Å². The predicted octanol–water partition coefficient (Wildman–Crippen LogP) is 4.17. The lowest BCUT2D eigenvalue weighted by Gasteiger charge is -2.05. The number of para-hydroxylation sites is 1. The normalized spacial score (nSPS) is 12.1. The molecule has 1 amide bonds. The summed E-state index contributed by atoms with van der Waals surface area (Å²) in [5.41, 5.74) is 2.09. The van der Waals surface area contributed by atoms with Crippen LogP contribution in [0.2, 0.25) is 0 Å². The molecule has 1 heterocycles. The Kier molecular flexibility index (Phi) is 5.14. The number of amides is 1. The van der Waals surface area contributed by atoms with Crippen molar-refractivity contribution >= 4 is 38.2 Å². The molecule has 0 aliphatic rings. The molecule has 0 aliphatic heterocycles. The largest absolute Gasteiger partial charge is 0.383 e. The first kappa shape index (κ1) is 17.6. The second-order valence-electron chi connectivity index (χ2n) is 6.32. The summed E-state index contributed by atoms with van der Waals surface area (Å²) in [5, 5.41) is 2.24. The van der Waals surface area contributed by atoms with E-state index in [4.69, 9.17) is 4.74 Å². The second kappa shape index (κ2) is 7.86. The van der Waals surface area contributed by atoms with Gasteiger partial charge in [0.1, 0.15) is 0 Å². The van der Waals surface area contributed by atoms with E-state index < -0.39 is 0 Å². The summed E-state index contributed by atoms with van der Waals surface area (Å²) >= 11 is 1.54. The van der Waals surface area contributed by atoms with Gasteiger partial charge in [-0.1, -0.05) is 65.9 Å². The molecule has 27 heavy (non-hydrogen) atoms. The molecule has 0 saturated heterocycles. The number of nitrogens with zero attached hydrogens (tertiary/aromatic N) is 2. The van der Waals surface area contributed by atoms with Crippen LogP contribution in [0.3, 0.4) is 0 Å². The van der Waals surface area contributed by atoms with E-state index in [1.165, 1.54) is 11.3 Å². The maximum absolute atomic E-state index is 12.7. The second-order valence-corrected chi connectivity index (χ2v) is 7.33. The third kappa shape index (κ3) is 3.70. The first-order chi connectivity index (χ1) is 13.3. The lowest BCUT2D eigenvalue weighted by atomic mass is 10.0. The zero-order valence-electron chi connectivity index (χ0n) is 15.1. The van der Waals surface area contributed by atoms with Crippen molar-refractivity contribution in [1.29, 1.82) is 0 Å². The summed E-state index contributed by atoms with van der Waals surface area (Å²) in [7, 11) is 1.68. The average molecular weight is 376 g/mol. The van der Waals surface area contributed by atoms with Gasteiger partial charge in [0.25, 0.3) is 5.91 Å². The van der Waals surface area contributed by atoms with E-state index in [-0.39, 0.29) is 5.91 Å². The van der Waals surface area contributed by atoms with Crippen LogP contribution >= 0.6 is 11.3 Å². The fourth-order valence-corrected chi connectivity index (χ4v) is 4.33. The van der Waals surface area contributed by atoms with Crippen LogP contribution < -0.4 is 4.80 Å². The number of hydrogen-bond acceptors (Lipinski definition) is 3. The Labute approximate surface area is 161 Å². The van der Waals surface area contributed by atoms with E-state index >= 15 is 0 Å². The number of carbonyl (C=O) groups is 1. The Hall–Kier alpha value is -2.76. The minimum atomic E-state index is -0.135. The molecule has 0 bridgehead atoms. The topological polar surface area (TPSA) is 43.6 Å². The summed E-state index contributed by atoms with van der Waals surface area (Å²) in [4.78, 5) is 17.9. The highest BCUT2D eigenvalue weighted by atomic mass is 32.1. The molecule has 136 valence electrons. The van der Waals surface area contributed by atoms with Crippen molar-refractivity contribution in [3.8, 4) is 0 Å².